The van der Waals surface area contributed by atoms with E-state index >= 15 is 0 Å². The zero-order valence-corrected chi connectivity index (χ0v) is 6.68. The fourth-order valence-corrected chi connectivity index (χ4v) is 0.714. The lowest BCUT2D eigenvalue weighted by Crippen LogP contribution is -1.88. The Labute approximate surface area is 62.4 Å². The number of carbonyl (C=O) groups is 1. The minimum Gasteiger partial charge on any atom is -0.290 e. The zero-order valence-electron chi connectivity index (χ0n) is 6.68. The first-order valence-corrected chi connectivity index (χ1v) is 3.60. The van der Waals surface area contributed by atoms with Gasteiger partial charge in [-0.1, -0.05) is 26.0 Å². The molecule has 0 aliphatic heterocycles. The highest BCUT2D eigenvalue weighted by molar-refractivity contribution is 5.99. The third-order valence-corrected chi connectivity index (χ3v) is 1.46. The zero-order chi connectivity index (χ0) is 7.98. The number of ketones is 1. The van der Waals surface area contributed by atoms with E-state index in [4.69, 9.17) is 0 Å². The molecule has 0 aromatic rings. The lowest BCUT2D eigenvalue weighted by Gasteiger charge is -1.95. The Hall–Kier alpha value is -0.850. The summed E-state index contributed by atoms with van der Waals surface area (Å²) in [5.41, 5.74) is 1.19. The first-order chi connectivity index (χ1) is 4.74. The fraction of sp³-hybridized carbons (Fsp3) is 0.444. The van der Waals surface area contributed by atoms with Crippen LogP contribution in [0, 0.1) is 0 Å². The first-order valence-electron chi connectivity index (χ1n) is 3.60. The summed E-state index contributed by atoms with van der Waals surface area (Å²) in [7, 11) is 0. The quantitative estimate of drug-likeness (QED) is 0.545. The number of allylic oxidation sites excluding steroid dienone is 3. The normalized spacial score (nSPS) is 8.60. The second kappa shape index (κ2) is 4.98. The van der Waals surface area contributed by atoms with Crippen molar-refractivity contribution in [3.05, 3.63) is 24.3 Å². The lowest BCUT2D eigenvalue weighted by molar-refractivity contribution is -0.110. The van der Waals surface area contributed by atoms with E-state index in [1.807, 2.05) is 13.8 Å². The summed E-state index contributed by atoms with van der Waals surface area (Å²) < 4.78 is 0. The van der Waals surface area contributed by atoms with E-state index in [0.717, 1.165) is 12.8 Å². The van der Waals surface area contributed by atoms with Crippen LogP contribution < -0.4 is 0 Å². The molecule has 0 bridgehead atoms. The molecule has 0 saturated carbocycles. The molecule has 0 atom stereocenters. The van der Waals surface area contributed by atoms with Crippen LogP contribution in [0.25, 0.3) is 0 Å². The molecule has 0 saturated heterocycles. The Bertz CT molecular complexity index is 148. The second-order valence-electron chi connectivity index (χ2n) is 2.12. The van der Waals surface area contributed by atoms with E-state index in [9.17, 15) is 4.79 Å². The summed E-state index contributed by atoms with van der Waals surface area (Å²) in [5.74, 6) is 0.0127. The van der Waals surface area contributed by atoms with Crippen LogP contribution in [0.4, 0.5) is 0 Å². The number of rotatable bonds is 4. The molecule has 0 rings (SSSR count). The van der Waals surface area contributed by atoms with Gasteiger partial charge in [0.1, 0.15) is 0 Å². The summed E-state index contributed by atoms with van der Waals surface area (Å²) in [6.07, 6.45) is 4.91. The molecular weight excluding hydrogens is 124 g/mol. The summed E-state index contributed by atoms with van der Waals surface area (Å²) in [4.78, 5) is 10.7. The van der Waals surface area contributed by atoms with E-state index in [0.29, 0.717) is 0 Å². The molecule has 0 fully saturated rings. The van der Waals surface area contributed by atoms with Crippen molar-refractivity contribution in [3.8, 4) is 0 Å². The van der Waals surface area contributed by atoms with E-state index in [2.05, 4.69) is 6.58 Å². The minimum absolute atomic E-state index is 0.0127. The van der Waals surface area contributed by atoms with Crippen molar-refractivity contribution in [2.24, 2.45) is 0 Å². The highest BCUT2D eigenvalue weighted by atomic mass is 16.1. The molecule has 10 heavy (non-hydrogen) atoms. The SMILES string of the molecule is C=CC(=O)C=C(CC)CC. The van der Waals surface area contributed by atoms with E-state index < -0.39 is 0 Å². The fourth-order valence-electron chi connectivity index (χ4n) is 0.714. The van der Waals surface area contributed by atoms with Gasteiger partial charge in [-0.2, -0.15) is 0 Å². The Morgan fingerprint density at radius 2 is 1.90 bits per heavy atom. The topological polar surface area (TPSA) is 17.1 Å². The van der Waals surface area contributed by atoms with Crippen LogP contribution in [0.5, 0.6) is 0 Å². The van der Waals surface area contributed by atoms with Gasteiger partial charge in [0.2, 0.25) is 0 Å². The molecule has 0 spiro atoms. The molecular formula is C9H14O. The van der Waals surface area contributed by atoms with Gasteiger partial charge in [0.05, 0.1) is 0 Å². The van der Waals surface area contributed by atoms with Crippen LogP contribution in [-0.2, 0) is 4.79 Å². The van der Waals surface area contributed by atoms with Crippen LogP contribution in [0.3, 0.4) is 0 Å². The molecule has 0 aliphatic rings. The van der Waals surface area contributed by atoms with Crippen molar-refractivity contribution < 1.29 is 4.79 Å². The maximum atomic E-state index is 10.7. The van der Waals surface area contributed by atoms with Crippen molar-refractivity contribution in [2.45, 2.75) is 26.7 Å². The summed E-state index contributed by atoms with van der Waals surface area (Å²) in [6.45, 7) is 7.48. The van der Waals surface area contributed by atoms with Gasteiger partial charge in [-0.15, -0.1) is 0 Å². The smallest absolute Gasteiger partial charge is 0.177 e. The van der Waals surface area contributed by atoms with Gasteiger partial charge in [-0.05, 0) is 25.0 Å². The second-order valence-corrected chi connectivity index (χ2v) is 2.12. The maximum absolute atomic E-state index is 10.7. The average molecular weight is 138 g/mol. The van der Waals surface area contributed by atoms with Gasteiger partial charge in [0.25, 0.3) is 0 Å². The molecule has 0 N–H and O–H groups in total. The van der Waals surface area contributed by atoms with Crippen molar-refractivity contribution in [1.29, 1.82) is 0 Å². The van der Waals surface area contributed by atoms with Crippen LogP contribution in [-0.4, -0.2) is 5.78 Å². The number of hydrogen-bond donors (Lipinski definition) is 0. The van der Waals surface area contributed by atoms with Crippen molar-refractivity contribution >= 4 is 5.78 Å². The molecule has 0 aromatic carbocycles. The molecule has 0 heterocycles. The van der Waals surface area contributed by atoms with Crippen LogP contribution >= 0.6 is 0 Å². The Balaban J connectivity index is 4.09. The predicted molar refractivity (Wildman–Crippen MR) is 43.9 cm³/mol. The highest BCUT2D eigenvalue weighted by Crippen LogP contribution is 2.04. The Kier molecular flexibility index (Phi) is 4.55. The summed E-state index contributed by atoms with van der Waals surface area (Å²) in [6, 6.07) is 0. The molecule has 1 nitrogen and oxygen atoms in total. The van der Waals surface area contributed by atoms with Gasteiger partial charge in [-0.25, -0.2) is 0 Å². The van der Waals surface area contributed by atoms with E-state index in [-0.39, 0.29) is 5.78 Å². The van der Waals surface area contributed by atoms with Gasteiger partial charge < -0.3 is 0 Å². The first kappa shape index (κ1) is 9.15. The third-order valence-electron chi connectivity index (χ3n) is 1.46. The maximum Gasteiger partial charge on any atom is 0.177 e. The van der Waals surface area contributed by atoms with Crippen molar-refractivity contribution in [3.63, 3.8) is 0 Å². The number of hydrogen-bond acceptors (Lipinski definition) is 1. The molecule has 0 aromatic heterocycles. The monoisotopic (exact) mass is 138 g/mol. The van der Waals surface area contributed by atoms with Gasteiger partial charge in [0, 0.05) is 0 Å². The number of carbonyl (C=O) groups excluding carboxylic acids is 1. The molecule has 0 radical (unpaired) electrons. The predicted octanol–water partition coefficient (Wildman–Crippen LogP) is 2.49. The molecule has 56 valence electrons. The van der Waals surface area contributed by atoms with Crippen LogP contribution in [0.1, 0.15) is 26.7 Å². The Morgan fingerprint density at radius 3 is 2.20 bits per heavy atom. The van der Waals surface area contributed by atoms with Crippen molar-refractivity contribution in [1.82, 2.24) is 0 Å². The highest BCUT2D eigenvalue weighted by Gasteiger charge is 1.92. The van der Waals surface area contributed by atoms with Gasteiger partial charge in [-0.3, -0.25) is 4.79 Å². The van der Waals surface area contributed by atoms with Crippen LogP contribution in [0.2, 0.25) is 0 Å². The van der Waals surface area contributed by atoms with E-state index in [1.165, 1.54) is 11.6 Å². The standard InChI is InChI=1S/C9H14O/c1-4-8(5-2)7-9(10)6-3/h6-7H,3-5H2,1-2H3. The summed E-state index contributed by atoms with van der Waals surface area (Å²) >= 11 is 0. The van der Waals surface area contributed by atoms with Crippen LogP contribution in [0.15, 0.2) is 24.3 Å². The molecule has 0 amide bonds. The average Bonchev–Trinajstić information content (AvgIpc) is 1.99. The molecule has 0 unspecified atom stereocenters. The summed E-state index contributed by atoms with van der Waals surface area (Å²) in [5, 5.41) is 0. The molecule has 1 heteroatoms. The minimum atomic E-state index is 0.0127. The Morgan fingerprint density at radius 1 is 1.40 bits per heavy atom. The molecule has 0 aliphatic carbocycles. The lowest BCUT2D eigenvalue weighted by atomic mass is 10.1. The van der Waals surface area contributed by atoms with Gasteiger partial charge in [0.15, 0.2) is 5.78 Å². The van der Waals surface area contributed by atoms with E-state index in [1.54, 1.807) is 6.08 Å². The van der Waals surface area contributed by atoms with Gasteiger partial charge >= 0.3 is 0 Å². The van der Waals surface area contributed by atoms with Crippen molar-refractivity contribution in [2.75, 3.05) is 0 Å². The largest absolute Gasteiger partial charge is 0.290 e. The third kappa shape index (κ3) is 3.23.